The number of phenolic OH excluding ortho intramolecular Hbond substituents is 1. The number of fused-ring (bicyclic) bond motifs is 1. The Kier molecular flexibility index (Phi) is 7.21. The van der Waals surface area contributed by atoms with Gasteiger partial charge in [0.25, 0.3) is 0 Å². The van der Waals surface area contributed by atoms with Crippen molar-refractivity contribution in [3.63, 3.8) is 0 Å². The van der Waals surface area contributed by atoms with Crippen LogP contribution < -0.4 is 5.32 Å². The van der Waals surface area contributed by atoms with E-state index in [1.807, 2.05) is 18.2 Å². The summed E-state index contributed by atoms with van der Waals surface area (Å²) in [5.74, 6) is -2.23. The van der Waals surface area contributed by atoms with Gasteiger partial charge in [-0.15, -0.1) is 0 Å². The predicted octanol–water partition coefficient (Wildman–Crippen LogP) is 5.25. The maximum Gasteiger partial charge on any atom is 0.340 e. The smallest absolute Gasteiger partial charge is 0.340 e. The van der Waals surface area contributed by atoms with Gasteiger partial charge in [-0.3, -0.25) is 4.79 Å². The number of hydrogen-bond acceptors (Lipinski definition) is 8. The molecule has 1 aromatic heterocycles. The number of carbonyl (C=O) groups excluding carboxylic acids is 3. The number of benzene rings is 3. The number of aromatic amines is 1. The number of esters is 2. The Hall–Kier alpha value is -4.37. The molecule has 0 bridgehead atoms. The lowest BCUT2D eigenvalue weighted by atomic mass is 9.96. The van der Waals surface area contributed by atoms with E-state index in [-0.39, 0.29) is 57.9 Å². The molecule has 0 aliphatic carbocycles. The van der Waals surface area contributed by atoms with E-state index in [2.05, 4.69) is 15.3 Å². The van der Waals surface area contributed by atoms with E-state index in [1.165, 1.54) is 30.3 Å². The van der Waals surface area contributed by atoms with E-state index in [4.69, 9.17) is 21.1 Å². The number of phenols is 1. The third-order valence-electron chi connectivity index (χ3n) is 5.23. The summed E-state index contributed by atoms with van der Waals surface area (Å²) in [5, 5.41) is 13.4. The fraction of sp³-hybridized carbons (Fsp3) is 0.154. The van der Waals surface area contributed by atoms with Gasteiger partial charge in [0.1, 0.15) is 5.75 Å². The van der Waals surface area contributed by atoms with Crippen LogP contribution in [-0.2, 0) is 9.47 Å². The molecule has 0 amide bonds. The highest BCUT2D eigenvalue weighted by Gasteiger charge is 2.27. The molecule has 36 heavy (non-hydrogen) atoms. The van der Waals surface area contributed by atoms with Gasteiger partial charge in [-0.25, -0.2) is 14.6 Å². The molecule has 10 heteroatoms. The predicted molar refractivity (Wildman–Crippen MR) is 134 cm³/mol. The molecule has 0 radical (unpaired) electrons. The molecule has 4 aromatic rings. The van der Waals surface area contributed by atoms with Crippen molar-refractivity contribution in [3.05, 3.63) is 81.9 Å². The Bertz CT molecular complexity index is 1410. The first-order chi connectivity index (χ1) is 17.3. The molecule has 0 fully saturated rings. The van der Waals surface area contributed by atoms with Crippen molar-refractivity contribution in [3.8, 4) is 5.75 Å². The van der Waals surface area contributed by atoms with Gasteiger partial charge >= 0.3 is 11.9 Å². The van der Waals surface area contributed by atoms with Gasteiger partial charge in [-0.05, 0) is 56.3 Å². The van der Waals surface area contributed by atoms with Crippen LogP contribution in [0.2, 0.25) is 5.02 Å². The topological polar surface area (TPSA) is 131 Å². The molecule has 0 unspecified atom stereocenters. The van der Waals surface area contributed by atoms with Gasteiger partial charge < -0.3 is 24.9 Å². The highest BCUT2D eigenvalue weighted by Crippen LogP contribution is 2.31. The van der Waals surface area contributed by atoms with Crippen LogP contribution in [0, 0.1) is 0 Å². The number of H-pyrrole nitrogens is 1. The number of para-hydroxylation sites is 2. The van der Waals surface area contributed by atoms with Crippen molar-refractivity contribution in [2.75, 3.05) is 18.5 Å². The maximum absolute atomic E-state index is 13.3. The second-order valence-electron chi connectivity index (χ2n) is 7.61. The van der Waals surface area contributed by atoms with E-state index >= 15 is 0 Å². The lowest BCUT2D eigenvalue weighted by Gasteiger charge is -2.16. The largest absolute Gasteiger partial charge is 0.507 e. The summed E-state index contributed by atoms with van der Waals surface area (Å²) < 4.78 is 10.4. The molecule has 0 spiro atoms. The van der Waals surface area contributed by atoms with Crippen LogP contribution in [0.15, 0.2) is 54.6 Å². The van der Waals surface area contributed by atoms with Crippen molar-refractivity contribution < 1.29 is 29.0 Å². The van der Waals surface area contributed by atoms with Crippen molar-refractivity contribution in [2.24, 2.45) is 0 Å². The molecular weight excluding hydrogens is 486 g/mol. The fourth-order valence-corrected chi connectivity index (χ4v) is 3.80. The Morgan fingerprint density at radius 2 is 1.58 bits per heavy atom. The van der Waals surface area contributed by atoms with E-state index in [9.17, 15) is 19.5 Å². The molecule has 3 aromatic carbocycles. The molecule has 0 saturated heterocycles. The number of hydrogen-bond donors (Lipinski definition) is 3. The average molecular weight is 508 g/mol. The van der Waals surface area contributed by atoms with Crippen LogP contribution in [-0.4, -0.2) is 46.0 Å². The van der Waals surface area contributed by atoms with Crippen LogP contribution >= 0.6 is 11.6 Å². The van der Waals surface area contributed by atoms with Gasteiger partial charge in [0.2, 0.25) is 5.95 Å². The van der Waals surface area contributed by atoms with E-state index in [1.54, 1.807) is 19.9 Å². The zero-order valence-corrected chi connectivity index (χ0v) is 20.2. The second-order valence-corrected chi connectivity index (χ2v) is 8.04. The van der Waals surface area contributed by atoms with Crippen LogP contribution in [0.4, 0.5) is 11.6 Å². The Morgan fingerprint density at radius 1 is 0.944 bits per heavy atom. The molecule has 3 N–H and O–H groups in total. The highest BCUT2D eigenvalue weighted by atomic mass is 35.5. The van der Waals surface area contributed by atoms with Crippen molar-refractivity contribution in [2.45, 2.75) is 13.8 Å². The maximum atomic E-state index is 13.3. The summed E-state index contributed by atoms with van der Waals surface area (Å²) in [6, 6.07) is 13.9. The quantitative estimate of drug-likeness (QED) is 0.218. The Balaban J connectivity index is 1.90. The number of aromatic hydroxyl groups is 1. The number of ether oxygens (including phenoxy) is 2. The number of ketones is 1. The Labute approximate surface area is 211 Å². The van der Waals surface area contributed by atoms with Gasteiger partial charge in [0.05, 0.1) is 46.6 Å². The summed E-state index contributed by atoms with van der Waals surface area (Å²) in [7, 11) is 0. The monoisotopic (exact) mass is 507 g/mol. The number of anilines is 2. The third kappa shape index (κ3) is 5.01. The summed E-state index contributed by atoms with van der Waals surface area (Å²) in [5.41, 5.74) is 1.13. The average Bonchev–Trinajstić information content (AvgIpc) is 3.28. The minimum absolute atomic E-state index is 0.0474. The number of aromatic nitrogens is 2. The standard InChI is InChI=1S/C26H22ClN3O6/c1-3-35-24(33)17-11-14(23(32)16-13-15(27)9-10-21(16)31)12-18(25(34)36-4-2)22(17)30-26-28-19-7-5-6-8-20(19)29-26/h5-13,31H,3-4H2,1-2H3,(H2,28,29,30). The molecule has 0 saturated carbocycles. The third-order valence-corrected chi connectivity index (χ3v) is 5.46. The number of nitrogens with zero attached hydrogens (tertiary/aromatic N) is 1. The normalized spacial score (nSPS) is 10.8. The first-order valence-electron chi connectivity index (χ1n) is 11.1. The molecule has 184 valence electrons. The van der Waals surface area contributed by atoms with Gasteiger partial charge in [0, 0.05) is 10.6 Å². The highest BCUT2D eigenvalue weighted by molar-refractivity contribution is 6.31. The first-order valence-corrected chi connectivity index (χ1v) is 11.5. The molecule has 4 rings (SSSR count). The molecule has 0 atom stereocenters. The van der Waals surface area contributed by atoms with Crippen molar-refractivity contribution in [1.82, 2.24) is 9.97 Å². The van der Waals surface area contributed by atoms with Crippen LogP contribution in [0.25, 0.3) is 11.0 Å². The second kappa shape index (κ2) is 10.5. The summed E-state index contributed by atoms with van der Waals surface area (Å²) >= 11 is 6.01. The molecular formula is C26H22ClN3O6. The number of rotatable bonds is 8. The van der Waals surface area contributed by atoms with Crippen LogP contribution in [0.3, 0.4) is 0 Å². The number of halogens is 1. The fourth-order valence-electron chi connectivity index (χ4n) is 3.62. The molecule has 1 heterocycles. The summed E-state index contributed by atoms with van der Waals surface area (Å²) in [6.07, 6.45) is 0. The van der Waals surface area contributed by atoms with Crippen LogP contribution in [0.1, 0.15) is 50.5 Å². The first kappa shape index (κ1) is 24.7. The van der Waals surface area contributed by atoms with Crippen LogP contribution in [0.5, 0.6) is 5.75 Å². The molecule has 9 nitrogen and oxygen atoms in total. The zero-order valence-electron chi connectivity index (χ0n) is 19.4. The SMILES string of the molecule is CCOC(=O)c1cc(C(=O)c2cc(Cl)ccc2O)cc(C(=O)OCC)c1Nc1nc2ccccc2[nH]1. The van der Waals surface area contributed by atoms with E-state index < -0.39 is 17.7 Å². The van der Waals surface area contributed by atoms with Crippen molar-refractivity contribution >= 4 is 52.0 Å². The summed E-state index contributed by atoms with van der Waals surface area (Å²) in [4.78, 5) is 46.8. The lowest BCUT2D eigenvalue weighted by Crippen LogP contribution is -2.17. The minimum atomic E-state index is -0.772. The number of carbonyl (C=O) groups is 3. The minimum Gasteiger partial charge on any atom is -0.507 e. The number of imidazole rings is 1. The van der Waals surface area contributed by atoms with Gasteiger partial charge in [-0.1, -0.05) is 23.7 Å². The van der Waals surface area contributed by atoms with E-state index in [0.29, 0.717) is 5.52 Å². The lowest BCUT2D eigenvalue weighted by molar-refractivity contribution is 0.0527. The molecule has 0 aliphatic rings. The number of nitrogens with one attached hydrogen (secondary N) is 2. The van der Waals surface area contributed by atoms with Gasteiger partial charge in [-0.2, -0.15) is 0 Å². The van der Waals surface area contributed by atoms with Gasteiger partial charge in [0.15, 0.2) is 5.78 Å². The Morgan fingerprint density at radius 3 is 2.19 bits per heavy atom. The van der Waals surface area contributed by atoms with Crippen molar-refractivity contribution in [1.29, 1.82) is 0 Å². The van der Waals surface area contributed by atoms with E-state index in [0.717, 1.165) is 5.52 Å². The summed E-state index contributed by atoms with van der Waals surface area (Å²) in [6.45, 7) is 3.39. The molecule has 0 aliphatic heterocycles. The zero-order chi connectivity index (χ0) is 25.8.